The van der Waals surface area contributed by atoms with Crippen LogP contribution in [0.15, 0.2) is 12.4 Å². The summed E-state index contributed by atoms with van der Waals surface area (Å²) >= 11 is 0. The van der Waals surface area contributed by atoms with E-state index in [1.807, 2.05) is 13.8 Å². The van der Waals surface area contributed by atoms with Gasteiger partial charge in [0.1, 0.15) is 5.75 Å². The summed E-state index contributed by atoms with van der Waals surface area (Å²) in [4.78, 5) is 0. The lowest BCUT2D eigenvalue weighted by molar-refractivity contribution is -0.606. The van der Waals surface area contributed by atoms with E-state index in [2.05, 4.69) is 6.92 Å². The van der Waals surface area contributed by atoms with Gasteiger partial charge in [0.15, 0.2) is 12.4 Å². The molecule has 0 aliphatic rings. The smallest absolute Gasteiger partial charge is 0.186 e. The maximum absolute atomic E-state index is 11.0. The van der Waals surface area contributed by atoms with Crippen molar-refractivity contribution in [2.24, 2.45) is 0 Å². The molecule has 0 saturated carbocycles. The molecule has 1 rings (SSSR count). The van der Waals surface area contributed by atoms with E-state index in [1.54, 1.807) is 0 Å². The fourth-order valence-corrected chi connectivity index (χ4v) is 1.28. The van der Waals surface area contributed by atoms with Crippen molar-refractivity contribution in [3.63, 3.8) is 0 Å². The van der Waals surface area contributed by atoms with Gasteiger partial charge in [-0.05, 0) is 20.3 Å². The zero-order chi connectivity index (χ0) is 9.84. The Bertz CT molecular complexity index is 274. The SMILES string of the molecule is CCCOc1c(C)c[n+]([O-])cc1C. The predicted octanol–water partition coefficient (Wildman–Crippen LogP) is 1.73. The Morgan fingerprint density at radius 2 is 1.85 bits per heavy atom. The molecule has 0 saturated heterocycles. The Kier molecular flexibility index (Phi) is 3.12. The third-order valence-electron chi connectivity index (χ3n) is 1.81. The first-order valence-electron chi connectivity index (χ1n) is 4.48. The second-order valence-corrected chi connectivity index (χ2v) is 3.16. The number of ether oxygens (including phenoxy) is 1. The van der Waals surface area contributed by atoms with Crippen molar-refractivity contribution in [2.45, 2.75) is 27.2 Å². The minimum absolute atomic E-state index is 0.699. The van der Waals surface area contributed by atoms with Crippen LogP contribution in [0.5, 0.6) is 5.75 Å². The van der Waals surface area contributed by atoms with Gasteiger partial charge in [0.05, 0.1) is 17.7 Å². The first-order valence-corrected chi connectivity index (χ1v) is 4.48. The normalized spacial score (nSPS) is 10.1. The first kappa shape index (κ1) is 9.84. The molecule has 3 heteroatoms. The third kappa shape index (κ3) is 2.34. The van der Waals surface area contributed by atoms with Gasteiger partial charge in [-0.3, -0.25) is 0 Å². The molecular formula is C10H15NO2. The molecule has 0 spiro atoms. The summed E-state index contributed by atoms with van der Waals surface area (Å²) in [7, 11) is 0. The molecule has 0 atom stereocenters. The van der Waals surface area contributed by atoms with E-state index in [-0.39, 0.29) is 0 Å². The van der Waals surface area contributed by atoms with E-state index in [4.69, 9.17) is 4.74 Å². The van der Waals surface area contributed by atoms with E-state index >= 15 is 0 Å². The lowest BCUT2D eigenvalue weighted by Gasteiger charge is -2.10. The van der Waals surface area contributed by atoms with E-state index in [1.165, 1.54) is 12.4 Å². The van der Waals surface area contributed by atoms with Gasteiger partial charge >= 0.3 is 0 Å². The molecule has 3 nitrogen and oxygen atoms in total. The largest absolute Gasteiger partial charge is 0.619 e. The van der Waals surface area contributed by atoms with Gasteiger partial charge in [0, 0.05) is 0 Å². The highest BCUT2D eigenvalue weighted by Crippen LogP contribution is 2.20. The second-order valence-electron chi connectivity index (χ2n) is 3.16. The fraction of sp³-hybridized carbons (Fsp3) is 0.500. The Balaban J connectivity index is 2.92. The van der Waals surface area contributed by atoms with Crippen molar-refractivity contribution < 1.29 is 9.47 Å². The van der Waals surface area contributed by atoms with Gasteiger partial charge < -0.3 is 9.94 Å². The number of hydrogen-bond acceptors (Lipinski definition) is 2. The number of aryl methyl sites for hydroxylation is 2. The molecule has 0 amide bonds. The molecule has 13 heavy (non-hydrogen) atoms. The van der Waals surface area contributed by atoms with Gasteiger partial charge in [-0.2, -0.15) is 4.73 Å². The van der Waals surface area contributed by atoms with Gasteiger partial charge in [-0.15, -0.1) is 0 Å². The number of pyridine rings is 1. The van der Waals surface area contributed by atoms with Crippen LogP contribution in [0.25, 0.3) is 0 Å². The molecular weight excluding hydrogens is 166 g/mol. The van der Waals surface area contributed by atoms with Crippen molar-refractivity contribution in [3.8, 4) is 5.75 Å². The third-order valence-corrected chi connectivity index (χ3v) is 1.81. The van der Waals surface area contributed by atoms with Crippen LogP contribution in [-0.2, 0) is 0 Å². The summed E-state index contributed by atoms with van der Waals surface area (Å²) in [6.45, 7) is 6.52. The Morgan fingerprint density at radius 1 is 1.31 bits per heavy atom. The van der Waals surface area contributed by atoms with E-state index < -0.39 is 0 Å². The minimum atomic E-state index is 0.699. The molecule has 1 heterocycles. The summed E-state index contributed by atoms with van der Waals surface area (Å²) in [5, 5.41) is 11.0. The molecule has 0 radical (unpaired) electrons. The molecule has 1 aromatic heterocycles. The minimum Gasteiger partial charge on any atom is -0.619 e. The first-order chi connectivity index (χ1) is 6.15. The Morgan fingerprint density at radius 3 is 2.31 bits per heavy atom. The van der Waals surface area contributed by atoms with Crippen LogP contribution in [0.1, 0.15) is 24.5 Å². The van der Waals surface area contributed by atoms with Crippen molar-refractivity contribution in [1.82, 2.24) is 0 Å². The molecule has 0 N–H and O–H groups in total. The highest BCUT2D eigenvalue weighted by atomic mass is 16.5. The van der Waals surface area contributed by atoms with Gasteiger partial charge in [0.2, 0.25) is 0 Å². The van der Waals surface area contributed by atoms with Gasteiger partial charge in [-0.25, -0.2) is 0 Å². The summed E-state index contributed by atoms with van der Waals surface area (Å²) in [5.41, 5.74) is 1.78. The van der Waals surface area contributed by atoms with E-state index in [9.17, 15) is 5.21 Å². The topological polar surface area (TPSA) is 36.2 Å². The summed E-state index contributed by atoms with van der Waals surface area (Å²) in [5.74, 6) is 0.842. The zero-order valence-electron chi connectivity index (χ0n) is 8.33. The lowest BCUT2D eigenvalue weighted by Crippen LogP contribution is -2.26. The molecule has 0 fully saturated rings. The van der Waals surface area contributed by atoms with Crippen molar-refractivity contribution in [3.05, 3.63) is 28.7 Å². The Hall–Kier alpha value is -1.25. The maximum atomic E-state index is 11.0. The highest BCUT2D eigenvalue weighted by molar-refractivity contribution is 5.34. The molecule has 0 aliphatic heterocycles. The zero-order valence-corrected chi connectivity index (χ0v) is 8.33. The average Bonchev–Trinajstić information content (AvgIpc) is 2.02. The monoisotopic (exact) mass is 181 g/mol. The van der Waals surface area contributed by atoms with Crippen LogP contribution >= 0.6 is 0 Å². The predicted molar refractivity (Wildman–Crippen MR) is 50.7 cm³/mol. The van der Waals surface area contributed by atoms with E-state index in [0.717, 1.165) is 28.0 Å². The summed E-state index contributed by atoms with van der Waals surface area (Å²) in [6, 6.07) is 0. The molecule has 0 bridgehead atoms. The summed E-state index contributed by atoms with van der Waals surface area (Å²) < 4.78 is 6.33. The van der Waals surface area contributed by atoms with Gasteiger partial charge in [0.25, 0.3) is 0 Å². The number of hydrogen-bond donors (Lipinski definition) is 0. The van der Waals surface area contributed by atoms with Crippen LogP contribution in [0.4, 0.5) is 0 Å². The van der Waals surface area contributed by atoms with Crippen molar-refractivity contribution in [1.29, 1.82) is 0 Å². The van der Waals surface area contributed by atoms with Crippen molar-refractivity contribution >= 4 is 0 Å². The van der Waals surface area contributed by atoms with E-state index in [0.29, 0.717) is 6.61 Å². The molecule has 72 valence electrons. The number of rotatable bonds is 3. The number of aromatic nitrogens is 1. The molecule has 1 aromatic rings. The second kappa shape index (κ2) is 4.12. The van der Waals surface area contributed by atoms with Gasteiger partial charge in [-0.1, -0.05) is 6.92 Å². The summed E-state index contributed by atoms with van der Waals surface area (Å²) in [6.07, 6.45) is 4.03. The highest BCUT2D eigenvalue weighted by Gasteiger charge is 2.07. The van der Waals surface area contributed by atoms with Crippen molar-refractivity contribution in [2.75, 3.05) is 6.61 Å². The van der Waals surface area contributed by atoms with Crippen LogP contribution in [0, 0.1) is 19.1 Å². The molecule has 0 aliphatic carbocycles. The quantitative estimate of drug-likeness (QED) is 0.526. The fourth-order valence-electron chi connectivity index (χ4n) is 1.28. The van der Waals surface area contributed by atoms with Crippen LogP contribution in [-0.4, -0.2) is 6.61 Å². The number of nitrogens with zero attached hydrogens (tertiary/aromatic N) is 1. The average molecular weight is 181 g/mol. The van der Waals surface area contributed by atoms with Crippen LogP contribution in [0.2, 0.25) is 0 Å². The standard InChI is InChI=1S/C10H15NO2/c1-4-5-13-10-8(2)6-11(12)7-9(10)3/h6-7H,4-5H2,1-3H3. The van der Waals surface area contributed by atoms with Crippen LogP contribution < -0.4 is 9.47 Å². The Labute approximate surface area is 78.5 Å². The molecule has 0 aromatic carbocycles. The lowest BCUT2D eigenvalue weighted by atomic mass is 10.2. The van der Waals surface area contributed by atoms with Crippen LogP contribution in [0.3, 0.4) is 0 Å². The maximum Gasteiger partial charge on any atom is 0.186 e. The molecule has 0 unspecified atom stereocenters.